The van der Waals surface area contributed by atoms with Crippen LogP contribution in [0, 0.1) is 0 Å². The Labute approximate surface area is 93.2 Å². The minimum absolute atomic E-state index is 0.165. The molecule has 3 nitrogen and oxygen atoms in total. The standard InChI is InChI=1S/C12H25NO2/c1-3-15-10(2)9-13-11-7-5-4-6-8-12(11)14/h10-14H,3-9H2,1-2H3. The summed E-state index contributed by atoms with van der Waals surface area (Å²) in [6.07, 6.45) is 5.78. The molecule has 1 saturated carbocycles. The summed E-state index contributed by atoms with van der Waals surface area (Å²) in [5.74, 6) is 0. The van der Waals surface area contributed by atoms with E-state index in [4.69, 9.17) is 4.74 Å². The second kappa shape index (κ2) is 7.20. The highest BCUT2D eigenvalue weighted by Crippen LogP contribution is 2.17. The molecule has 15 heavy (non-hydrogen) atoms. The van der Waals surface area contributed by atoms with Crippen LogP contribution >= 0.6 is 0 Å². The van der Waals surface area contributed by atoms with Crippen molar-refractivity contribution < 1.29 is 9.84 Å². The summed E-state index contributed by atoms with van der Waals surface area (Å²) in [6, 6.07) is 0.274. The van der Waals surface area contributed by atoms with Crippen molar-refractivity contribution in [3.63, 3.8) is 0 Å². The third-order valence-electron chi connectivity index (χ3n) is 3.10. The summed E-state index contributed by atoms with van der Waals surface area (Å²) in [7, 11) is 0. The van der Waals surface area contributed by atoms with Crippen molar-refractivity contribution in [2.24, 2.45) is 0 Å². The van der Waals surface area contributed by atoms with Crippen LogP contribution in [0.1, 0.15) is 46.0 Å². The van der Waals surface area contributed by atoms with E-state index in [9.17, 15) is 5.11 Å². The maximum atomic E-state index is 9.89. The van der Waals surface area contributed by atoms with E-state index < -0.39 is 0 Å². The minimum Gasteiger partial charge on any atom is -0.392 e. The summed E-state index contributed by atoms with van der Waals surface area (Å²) in [6.45, 7) is 5.68. The van der Waals surface area contributed by atoms with Crippen molar-refractivity contribution in [2.75, 3.05) is 13.2 Å². The zero-order chi connectivity index (χ0) is 11.1. The first-order valence-electron chi connectivity index (χ1n) is 6.27. The van der Waals surface area contributed by atoms with E-state index >= 15 is 0 Å². The van der Waals surface area contributed by atoms with Crippen molar-refractivity contribution in [1.29, 1.82) is 0 Å². The van der Waals surface area contributed by atoms with Gasteiger partial charge >= 0.3 is 0 Å². The van der Waals surface area contributed by atoms with Crippen molar-refractivity contribution in [2.45, 2.75) is 64.2 Å². The lowest BCUT2D eigenvalue weighted by Crippen LogP contribution is -2.42. The molecule has 0 amide bonds. The molecular formula is C12H25NO2. The second-order valence-electron chi connectivity index (χ2n) is 4.49. The number of aliphatic hydroxyl groups excluding tert-OH is 1. The van der Waals surface area contributed by atoms with E-state index in [0.717, 1.165) is 26.0 Å². The van der Waals surface area contributed by atoms with Gasteiger partial charge in [0.25, 0.3) is 0 Å². The number of ether oxygens (including phenoxy) is 1. The van der Waals surface area contributed by atoms with Crippen LogP contribution in [0.5, 0.6) is 0 Å². The molecule has 3 unspecified atom stereocenters. The van der Waals surface area contributed by atoms with Crippen molar-refractivity contribution >= 4 is 0 Å². The molecule has 3 atom stereocenters. The summed E-state index contributed by atoms with van der Waals surface area (Å²) < 4.78 is 5.46. The molecule has 3 heteroatoms. The van der Waals surface area contributed by atoms with Crippen LogP contribution in [0.4, 0.5) is 0 Å². The summed E-state index contributed by atoms with van der Waals surface area (Å²) >= 11 is 0. The van der Waals surface area contributed by atoms with E-state index in [-0.39, 0.29) is 18.2 Å². The average molecular weight is 215 g/mol. The van der Waals surface area contributed by atoms with Gasteiger partial charge in [-0.1, -0.05) is 19.3 Å². The van der Waals surface area contributed by atoms with Gasteiger partial charge in [-0.05, 0) is 26.7 Å². The molecule has 1 rings (SSSR count). The van der Waals surface area contributed by atoms with E-state index in [0.29, 0.717) is 0 Å². The van der Waals surface area contributed by atoms with Crippen molar-refractivity contribution in [3.05, 3.63) is 0 Å². The van der Waals surface area contributed by atoms with E-state index in [1.165, 1.54) is 19.3 Å². The molecule has 0 saturated heterocycles. The summed E-state index contributed by atoms with van der Waals surface area (Å²) in [5, 5.41) is 13.3. The minimum atomic E-state index is -0.165. The molecular weight excluding hydrogens is 190 g/mol. The SMILES string of the molecule is CCOC(C)CNC1CCCCCC1O. The Bertz CT molecular complexity index is 164. The average Bonchev–Trinajstić information content (AvgIpc) is 2.41. The number of aliphatic hydroxyl groups is 1. The van der Waals surface area contributed by atoms with Gasteiger partial charge in [0.15, 0.2) is 0 Å². The molecule has 0 aliphatic heterocycles. The molecule has 0 bridgehead atoms. The molecule has 0 aromatic heterocycles. The molecule has 1 aliphatic rings. The van der Waals surface area contributed by atoms with Crippen LogP contribution in [-0.4, -0.2) is 36.5 Å². The lowest BCUT2D eigenvalue weighted by Gasteiger charge is -2.23. The fourth-order valence-corrected chi connectivity index (χ4v) is 2.19. The highest BCUT2D eigenvalue weighted by molar-refractivity contribution is 4.79. The molecule has 0 aromatic rings. The van der Waals surface area contributed by atoms with E-state index in [2.05, 4.69) is 12.2 Å². The lowest BCUT2D eigenvalue weighted by atomic mass is 10.1. The van der Waals surface area contributed by atoms with Gasteiger partial charge < -0.3 is 15.2 Å². The van der Waals surface area contributed by atoms with E-state index in [1.807, 2.05) is 6.92 Å². The fourth-order valence-electron chi connectivity index (χ4n) is 2.19. The quantitative estimate of drug-likeness (QED) is 0.686. The maximum Gasteiger partial charge on any atom is 0.0693 e. The zero-order valence-electron chi connectivity index (χ0n) is 10.0. The van der Waals surface area contributed by atoms with Gasteiger partial charge in [-0.3, -0.25) is 0 Å². The largest absolute Gasteiger partial charge is 0.392 e. The predicted octanol–water partition coefficient (Wildman–Crippen LogP) is 1.69. The molecule has 1 fully saturated rings. The molecule has 0 heterocycles. The third kappa shape index (κ3) is 4.96. The van der Waals surface area contributed by atoms with Gasteiger partial charge in [0.1, 0.15) is 0 Å². The van der Waals surface area contributed by atoms with Crippen LogP contribution in [0.3, 0.4) is 0 Å². The number of hydrogen-bond acceptors (Lipinski definition) is 3. The van der Waals surface area contributed by atoms with Gasteiger partial charge in [0, 0.05) is 19.2 Å². The van der Waals surface area contributed by atoms with Crippen molar-refractivity contribution in [1.82, 2.24) is 5.32 Å². The Balaban J connectivity index is 2.22. The molecule has 0 radical (unpaired) electrons. The topological polar surface area (TPSA) is 41.5 Å². The Kier molecular flexibility index (Phi) is 6.22. The Hall–Kier alpha value is -0.120. The van der Waals surface area contributed by atoms with E-state index in [1.54, 1.807) is 0 Å². The first-order valence-corrected chi connectivity index (χ1v) is 6.27. The summed E-state index contributed by atoms with van der Waals surface area (Å²) in [4.78, 5) is 0. The Morgan fingerprint density at radius 1 is 1.33 bits per heavy atom. The van der Waals surface area contributed by atoms with Gasteiger partial charge in [-0.15, -0.1) is 0 Å². The first kappa shape index (κ1) is 12.9. The normalized spacial score (nSPS) is 29.8. The lowest BCUT2D eigenvalue weighted by molar-refractivity contribution is 0.0623. The van der Waals surface area contributed by atoms with Crippen LogP contribution in [0.25, 0.3) is 0 Å². The number of nitrogens with one attached hydrogen (secondary N) is 1. The zero-order valence-corrected chi connectivity index (χ0v) is 10.0. The molecule has 90 valence electrons. The first-order chi connectivity index (χ1) is 7.24. The van der Waals surface area contributed by atoms with Crippen molar-refractivity contribution in [3.8, 4) is 0 Å². The van der Waals surface area contributed by atoms with Crippen LogP contribution in [-0.2, 0) is 4.74 Å². The molecule has 0 aromatic carbocycles. The van der Waals surface area contributed by atoms with Gasteiger partial charge in [0.2, 0.25) is 0 Å². The fraction of sp³-hybridized carbons (Fsp3) is 1.00. The predicted molar refractivity (Wildman–Crippen MR) is 62.0 cm³/mol. The monoisotopic (exact) mass is 215 g/mol. The Morgan fingerprint density at radius 2 is 2.07 bits per heavy atom. The number of rotatable bonds is 5. The van der Waals surface area contributed by atoms with Crippen LogP contribution in [0.15, 0.2) is 0 Å². The smallest absolute Gasteiger partial charge is 0.0693 e. The molecule has 1 aliphatic carbocycles. The van der Waals surface area contributed by atoms with Crippen LogP contribution in [0.2, 0.25) is 0 Å². The van der Waals surface area contributed by atoms with Gasteiger partial charge in [-0.25, -0.2) is 0 Å². The Morgan fingerprint density at radius 3 is 2.80 bits per heavy atom. The third-order valence-corrected chi connectivity index (χ3v) is 3.10. The molecule has 0 spiro atoms. The molecule has 2 N–H and O–H groups in total. The van der Waals surface area contributed by atoms with Gasteiger partial charge in [-0.2, -0.15) is 0 Å². The van der Waals surface area contributed by atoms with Gasteiger partial charge in [0.05, 0.1) is 12.2 Å². The second-order valence-corrected chi connectivity index (χ2v) is 4.49. The highest BCUT2D eigenvalue weighted by atomic mass is 16.5. The number of hydrogen-bond donors (Lipinski definition) is 2. The summed E-state index contributed by atoms with van der Waals surface area (Å²) in [5.41, 5.74) is 0. The van der Waals surface area contributed by atoms with Crippen LogP contribution < -0.4 is 5.32 Å². The highest BCUT2D eigenvalue weighted by Gasteiger charge is 2.21. The maximum absolute atomic E-state index is 9.89.